The van der Waals surface area contributed by atoms with E-state index in [2.05, 4.69) is 19.2 Å². The molecule has 1 nitrogen and oxygen atoms in total. The van der Waals surface area contributed by atoms with E-state index < -0.39 is 0 Å². The quantitative estimate of drug-likeness (QED) is 0.840. The smallest absolute Gasteiger partial charge is 0.123 e. The lowest BCUT2D eigenvalue weighted by Crippen LogP contribution is -2.35. The fourth-order valence-corrected chi connectivity index (χ4v) is 3.10. The molecule has 0 radical (unpaired) electrons. The SMILES string of the molecule is CC(C)C1CCC(NCCc2cccc(F)c2)CC1. The Morgan fingerprint density at radius 1 is 1.21 bits per heavy atom. The topological polar surface area (TPSA) is 12.0 Å². The highest BCUT2D eigenvalue weighted by Gasteiger charge is 2.22. The molecular formula is C17H26FN. The highest BCUT2D eigenvalue weighted by Crippen LogP contribution is 2.29. The van der Waals surface area contributed by atoms with Crippen LogP contribution in [0.1, 0.15) is 45.1 Å². The standard InChI is InChI=1S/C17H26FN/c1-13(2)15-6-8-17(9-7-15)19-11-10-14-4-3-5-16(18)12-14/h3-5,12-13,15,17,19H,6-11H2,1-2H3. The molecule has 19 heavy (non-hydrogen) atoms. The van der Waals surface area contributed by atoms with Crippen molar-refractivity contribution in [1.29, 1.82) is 0 Å². The third-order valence-electron chi connectivity index (χ3n) is 4.45. The summed E-state index contributed by atoms with van der Waals surface area (Å²) in [5.74, 6) is 1.62. The van der Waals surface area contributed by atoms with Crippen LogP contribution in [0.25, 0.3) is 0 Å². The number of halogens is 1. The van der Waals surface area contributed by atoms with Gasteiger partial charge in [0.2, 0.25) is 0 Å². The van der Waals surface area contributed by atoms with Crippen molar-refractivity contribution in [2.75, 3.05) is 6.54 Å². The van der Waals surface area contributed by atoms with E-state index in [0.29, 0.717) is 6.04 Å². The second-order valence-electron chi connectivity index (χ2n) is 6.19. The van der Waals surface area contributed by atoms with Crippen molar-refractivity contribution < 1.29 is 4.39 Å². The molecule has 0 bridgehead atoms. The molecule has 0 saturated heterocycles. The monoisotopic (exact) mass is 263 g/mol. The van der Waals surface area contributed by atoms with Crippen molar-refractivity contribution in [1.82, 2.24) is 5.32 Å². The van der Waals surface area contributed by atoms with Crippen LogP contribution in [0.5, 0.6) is 0 Å². The van der Waals surface area contributed by atoms with Gasteiger partial charge >= 0.3 is 0 Å². The van der Waals surface area contributed by atoms with E-state index in [-0.39, 0.29) is 5.82 Å². The molecule has 0 unspecified atom stereocenters. The molecule has 0 aromatic heterocycles. The maximum atomic E-state index is 13.0. The van der Waals surface area contributed by atoms with Gasteiger partial charge in [-0.3, -0.25) is 0 Å². The number of nitrogens with one attached hydrogen (secondary N) is 1. The van der Waals surface area contributed by atoms with E-state index in [1.165, 1.54) is 31.7 Å². The molecule has 2 rings (SSSR count). The lowest BCUT2D eigenvalue weighted by atomic mass is 9.80. The summed E-state index contributed by atoms with van der Waals surface area (Å²) in [4.78, 5) is 0. The van der Waals surface area contributed by atoms with Crippen LogP contribution < -0.4 is 5.32 Å². The predicted molar refractivity (Wildman–Crippen MR) is 78.7 cm³/mol. The predicted octanol–water partition coefficient (Wildman–Crippen LogP) is 4.17. The zero-order chi connectivity index (χ0) is 13.7. The van der Waals surface area contributed by atoms with Crippen LogP contribution in [0.15, 0.2) is 24.3 Å². The fraction of sp³-hybridized carbons (Fsp3) is 0.647. The van der Waals surface area contributed by atoms with Gasteiger partial charge in [-0.05, 0) is 68.2 Å². The molecule has 1 fully saturated rings. The average molecular weight is 263 g/mol. The molecule has 1 N–H and O–H groups in total. The van der Waals surface area contributed by atoms with Gasteiger partial charge in [0.25, 0.3) is 0 Å². The Balaban J connectivity index is 1.67. The van der Waals surface area contributed by atoms with Crippen LogP contribution in [0.2, 0.25) is 0 Å². The van der Waals surface area contributed by atoms with Crippen molar-refractivity contribution in [3.63, 3.8) is 0 Å². The highest BCUT2D eigenvalue weighted by atomic mass is 19.1. The van der Waals surface area contributed by atoms with Crippen molar-refractivity contribution in [2.45, 2.75) is 52.0 Å². The molecule has 1 aliphatic rings. The normalized spacial score (nSPS) is 23.8. The Labute approximate surface area is 116 Å². The molecule has 0 aliphatic heterocycles. The summed E-state index contributed by atoms with van der Waals surface area (Å²) < 4.78 is 13.0. The summed E-state index contributed by atoms with van der Waals surface area (Å²) in [6.07, 6.45) is 6.23. The van der Waals surface area contributed by atoms with Gasteiger partial charge in [0, 0.05) is 6.04 Å². The number of hydrogen-bond acceptors (Lipinski definition) is 1. The molecule has 0 atom stereocenters. The minimum absolute atomic E-state index is 0.130. The summed E-state index contributed by atoms with van der Waals surface area (Å²) in [5.41, 5.74) is 1.09. The van der Waals surface area contributed by atoms with Gasteiger partial charge in [-0.2, -0.15) is 0 Å². The summed E-state index contributed by atoms with van der Waals surface area (Å²) in [6.45, 7) is 5.63. The maximum absolute atomic E-state index is 13.0. The molecule has 2 heteroatoms. The Kier molecular flexibility index (Phi) is 5.38. The third kappa shape index (κ3) is 4.61. The first-order valence-corrected chi connectivity index (χ1v) is 7.63. The molecule has 0 heterocycles. The summed E-state index contributed by atoms with van der Waals surface area (Å²) in [6, 6.07) is 7.60. The van der Waals surface area contributed by atoms with E-state index in [9.17, 15) is 4.39 Å². The maximum Gasteiger partial charge on any atom is 0.123 e. The first-order chi connectivity index (χ1) is 9.15. The van der Waals surface area contributed by atoms with E-state index in [4.69, 9.17) is 0 Å². The molecule has 0 spiro atoms. The van der Waals surface area contributed by atoms with Gasteiger partial charge in [-0.1, -0.05) is 26.0 Å². The Morgan fingerprint density at radius 2 is 1.95 bits per heavy atom. The Morgan fingerprint density at radius 3 is 2.58 bits per heavy atom. The molecule has 1 aliphatic carbocycles. The minimum atomic E-state index is -0.130. The van der Waals surface area contributed by atoms with Gasteiger partial charge < -0.3 is 5.32 Å². The highest BCUT2D eigenvalue weighted by molar-refractivity contribution is 5.16. The molecule has 1 aromatic rings. The fourth-order valence-electron chi connectivity index (χ4n) is 3.10. The van der Waals surface area contributed by atoms with Crippen molar-refractivity contribution in [3.8, 4) is 0 Å². The second kappa shape index (κ2) is 7.04. The van der Waals surface area contributed by atoms with Gasteiger partial charge in [-0.25, -0.2) is 4.39 Å². The van der Waals surface area contributed by atoms with Crippen LogP contribution >= 0.6 is 0 Å². The first kappa shape index (κ1) is 14.5. The molecule has 0 amide bonds. The lowest BCUT2D eigenvalue weighted by Gasteiger charge is -2.31. The Hall–Kier alpha value is -0.890. The summed E-state index contributed by atoms with van der Waals surface area (Å²) >= 11 is 0. The molecule has 1 saturated carbocycles. The van der Waals surface area contributed by atoms with Gasteiger partial charge in [0.1, 0.15) is 5.82 Å². The van der Waals surface area contributed by atoms with E-state index in [0.717, 1.165) is 30.4 Å². The van der Waals surface area contributed by atoms with Crippen molar-refractivity contribution in [3.05, 3.63) is 35.6 Å². The van der Waals surface area contributed by atoms with Gasteiger partial charge in [0.15, 0.2) is 0 Å². The molecule has 106 valence electrons. The van der Waals surface area contributed by atoms with Crippen LogP contribution in [-0.4, -0.2) is 12.6 Å². The minimum Gasteiger partial charge on any atom is -0.314 e. The lowest BCUT2D eigenvalue weighted by molar-refractivity contribution is 0.239. The molecule has 1 aromatic carbocycles. The number of rotatable bonds is 5. The summed E-state index contributed by atoms with van der Waals surface area (Å²) in [7, 11) is 0. The molecular weight excluding hydrogens is 237 g/mol. The van der Waals surface area contributed by atoms with Gasteiger partial charge in [0.05, 0.1) is 0 Å². The summed E-state index contributed by atoms with van der Waals surface area (Å²) in [5, 5.41) is 3.63. The first-order valence-electron chi connectivity index (χ1n) is 7.63. The van der Waals surface area contributed by atoms with Crippen LogP contribution in [0.4, 0.5) is 4.39 Å². The average Bonchev–Trinajstić information content (AvgIpc) is 2.39. The third-order valence-corrected chi connectivity index (χ3v) is 4.45. The van der Waals surface area contributed by atoms with Crippen molar-refractivity contribution in [2.24, 2.45) is 11.8 Å². The van der Waals surface area contributed by atoms with Crippen LogP contribution in [-0.2, 0) is 6.42 Å². The van der Waals surface area contributed by atoms with E-state index in [1.807, 2.05) is 6.07 Å². The van der Waals surface area contributed by atoms with Gasteiger partial charge in [-0.15, -0.1) is 0 Å². The van der Waals surface area contributed by atoms with Crippen LogP contribution in [0, 0.1) is 17.7 Å². The van der Waals surface area contributed by atoms with E-state index in [1.54, 1.807) is 12.1 Å². The van der Waals surface area contributed by atoms with Crippen LogP contribution in [0.3, 0.4) is 0 Å². The van der Waals surface area contributed by atoms with E-state index >= 15 is 0 Å². The zero-order valence-corrected chi connectivity index (χ0v) is 12.2. The van der Waals surface area contributed by atoms with Crippen molar-refractivity contribution >= 4 is 0 Å². The zero-order valence-electron chi connectivity index (χ0n) is 12.2. The Bertz CT molecular complexity index is 381. The number of hydrogen-bond donors (Lipinski definition) is 1. The number of benzene rings is 1. The second-order valence-corrected chi connectivity index (χ2v) is 6.19. The largest absolute Gasteiger partial charge is 0.314 e.